The third kappa shape index (κ3) is 3.50. The molecule has 0 amide bonds. The molecule has 17 heavy (non-hydrogen) atoms. The molecule has 0 spiro atoms. The van der Waals surface area contributed by atoms with Crippen LogP contribution in [0.1, 0.15) is 41.3 Å². The molecule has 1 aromatic rings. The first-order valence-corrected chi connectivity index (χ1v) is 7.30. The first-order valence-electron chi connectivity index (χ1n) is 6.48. The van der Waals surface area contributed by atoms with E-state index < -0.39 is 0 Å². The minimum absolute atomic E-state index is 0.0967. The Labute approximate surface area is 107 Å². The highest BCUT2D eigenvalue weighted by atomic mass is 32.1. The molecular weight excluding hydrogens is 232 g/mol. The van der Waals surface area contributed by atoms with E-state index in [0.29, 0.717) is 5.92 Å². The smallest absolute Gasteiger partial charge is 0.0900 e. The summed E-state index contributed by atoms with van der Waals surface area (Å²) in [6.45, 7) is 5.93. The number of aromatic nitrogens is 1. The summed E-state index contributed by atoms with van der Waals surface area (Å²) in [7, 11) is 0. The number of nitrogens with zero attached hydrogens (tertiary/aromatic N) is 1. The Bertz CT molecular complexity index is 364. The second-order valence-electron chi connectivity index (χ2n) is 4.98. The molecule has 2 rings (SSSR count). The third-order valence-corrected chi connectivity index (χ3v) is 4.63. The van der Waals surface area contributed by atoms with E-state index in [1.165, 1.54) is 17.7 Å². The van der Waals surface area contributed by atoms with Crippen molar-refractivity contribution in [3.05, 3.63) is 15.6 Å². The summed E-state index contributed by atoms with van der Waals surface area (Å²) in [5.41, 5.74) is 1.14. The van der Waals surface area contributed by atoms with Crippen molar-refractivity contribution >= 4 is 11.3 Å². The van der Waals surface area contributed by atoms with Gasteiger partial charge in [-0.25, -0.2) is 4.98 Å². The molecule has 0 radical (unpaired) electrons. The molecule has 96 valence electrons. The summed E-state index contributed by atoms with van der Waals surface area (Å²) in [5, 5.41) is 14.5. The van der Waals surface area contributed by atoms with Gasteiger partial charge >= 0.3 is 0 Å². The molecule has 0 bridgehead atoms. The number of aryl methyl sites for hydroxylation is 2. The molecule has 0 aromatic carbocycles. The molecule has 1 fully saturated rings. The zero-order chi connectivity index (χ0) is 12.3. The number of hydrogen-bond acceptors (Lipinski definition) is 4. The molecule has 0 aliphatic heterocycles. The van der Waals surface area contributed by atoms with Crippen molar-refractivity contribution in [3.63, 3.8) is 0 Å². The molecule has 1 saturated carbocycles. The van der Waals surface area contributed by atoms with E-state index in [-0.39, 0.29) is 6.10 Å². The molecule has 2 N–H and O–H groups in total. The average Bonchev–Trinajstić information content (AvgIpc) is 2.60. The topological polar surface area (TPSA) is 45.2 Å². The van der Waals surface area contributed by atoms with Gasteiger partial charge in [0.1, 0.15) is 0 Å². The van der Waals surface area contributed by atoms with Crippen molar-refractivity contribution in [2.75, 3.05) is 6.54 Å². The van der Waals surface area contributed by atoms with Gasteiger partial charge in [0.15, 0.2) is 0 Å². The summed E-state index contributed by atoms with van der Waals surface area (Å²) >= 11 is 1.77. The van der Waals surface area contributed by atoms with Gasteiger partial charge in [-0.15, -0.1) is 11.3 Å². The summed E-state index contributed by atoms with van der Waals surface area (Å²) < 4.78 is 0. The fourth-order valence-corrected chi connectivity index (χ4v) is 3.44. The van der Waals surface area contributed by atoms with Gasteiger partial charge in [-0.05, 0) is 32.6 Å². The highest BCUT2D eigenvalue weighted by Crippen LogP contribution is 2.24. The molecule has 4 heteroatoms. The van der Waals surface area contributed by atoms with E-state index in [0.717, 1.165) is 36.6 Å². The number of nitrogens with one attached hydrogen (secondary N) is 1. The highest BCUT2D eigenvalue weighted by Gasteiger charge is 2.22. The lowest BCUT2D eigenvalue weighted by atomic mass is 9.86. The zero-order valence-electron chi connectivity index (χ0n) is 10.7. The lowest BCUT2D eigenvalue weighted by Crippen LogP contribution is -2.33. The minimum Gasteiger partial charge on any atom is -0.393 e. The molecule has 1 heterocycles. The van der Waals surface area contributed by atoms with Gasteiger partial charge in [-0.2, -0.15) is 0 Å². The number of thiazole rings is 1. The van der Waals surface area contributed by atoms with E-state index >= 15 is 0 Å². The minimum atomic E-state index is -0.0967. The molecule has 1 aliphatic carbocycles. The van der Waals surface area contributed by atoms with Crippen LogP contribution in [0.15, 0.2) is 0 Å². The van der Waals surface area contributed by atoms with Crippen LogP contribution in [0, 0.1) is 19.8 Å². The fourth-order valence-electron chi connectivity index (χ4n) is 2.53. The quantitative estimate of drug-likeness (QED) is 0.867. The Balaban J connectivity index is 1.77. The molecular formula is C13H22N2OS. The average molecular weight is 254 g/mol. The largest absolute Gasteiger partial charge is 0.393 e. The first kappa shape index (κ1) is 13.0. The van der Waals surface area contributed by atoms with Crippen LogP contribution in [0.3, 0.4) is 0 Å². The Hall–Kier alpha value is -0.450. The van der Waals surface area contributed by atoms with Crippen LogP contribution < -0.4 is 5.32 Å². The number of aliphatic hydroxyl groups is 1. The molecule has 1 aliphatic rings. The van der Waals surface area contributed by atoms with Crippen molar-refractivity contribution in [1.29, 1.82) is 0 Å². The van der Waals surface area contributed by atoms with Crippen LogP contribution in [-0.4, -0.2) is 22.7 Å². The summed E-state index contributed by atoms with van der Waals surface area (Å²) in [4.78, 5) is 5.75. The van der Waals surface area contributed by atoms with Crippen LogP contribution in [0.4, 0.5) is 0 Å². The van der Waals surface area contributed by atoms with Crippen LogP contribution in [0.2, 0.25) is 0 Å². The third-order valence-electron chi connectivity index (χ3n) is 3.56. The highest BCUT2D eigenvalue weighted by molar-refractivity contribution is 7.11. The maximum atomic E-state index is 9.88. The lowest BCUT2D eigenvalue weighted by molar-refractivity contribution is 0.0695. The van der Waals surface area contributed by atoms with E-state index in [9.17, 15) is 5.11 Å². The summed E-state index contributed by atoms with van der Waals surface area (Å²) in [5.74, 6) is 0.443. The Morgan fingerprint density at radius 1 is 1.35 bits per heavy atom. The normalized spacial score (nSPS) is 25.1. The van der Waals surface area contributed by atoms with Crippen molar-refractivity contribution in [3.8, 4) is 0 Å². The second-order valence-corrected chi connectivity index (χ2v) is 6.27. The Morgan fingerprint density at radius 2 is 2.12 bits per heavy atom. The van der Waals surface area contributed by atoms with Crippen molar-refractivity contribution in [1.82, 2.24) is 10.3 Å². The van der Waals surface area contributed by atoms with Crippen molar-refractivity contribution in [2.24, 2.45) is 5.92 Å². The zero-order valence-corrected chi connectivity index (χ0v) is 11.5. The predicted octanol–water partition coefficient (Wildman–Crippen LogP) is 2.40. The molecule has 0 saturated heterocycles. The SMILES string of the molecule is Cc1nc(C)c(CNCC2CCCCC2O)s1. The summed E-state index contributed by atoms with van der Waals surface area (Å²) in [6, 6.07) is 0. The molecule has 2 unspecified atom stereocenters. The van der Waals surface area contributed by atoms with Crippen molar-refractivity contribution in [2.45, 2.75) is 52.2 Å². The Morgan fingerprint density at radius 3 is 2.76 bits per heavy atom. The number of rotatable bonds is 4. The van der Waals surface area contributed by atoms with Gasteiger partial charge < -0.3 is 10.4 Å². The standard InChI is InChI=1S/C13H22N2OS/c1-9-13(17-10(2)15-9)8-14-7-11-5-3-4-6-12(11)16/h11-12,14,16H,3-8H2,1-2H3. The van der Waals surface area contributed by atoms with Crippen LogP contribution >= 0.6 is 11.3 Å². The molecule has 1 aromatic heterocycles. The van der Waals surface area contributed by atoms with Gasteiger partial charge in [0, 0.05) is 18.0 Å². The van der Waals surface area contributed by atoms with Gasteiger partial charge in [0.2, 0.25) is 0 Å². The maximum Gasteiger partial charge on any atom is 0.0900 e. The van der Waals surface area contributed by atoms with E-state index in [1.54, 1.807) is 11.3 Å². The van der Waals surface area contributed by atoms with Crippen molar-refractivity contribution < 1.29 is 5.11 Å². The van der Waals surface area contributed by atoms with Crippen LogP contribution in [0.25, 0.3) is 0 Å². The maximum absolute atomic E-state index is 9.88. The fraction of sp³-hybridized carbons (Fsp3) is 0.769. The lowest BCUT2D eigenvalue weighted by Gasteiger charge is -2.27. The number of aliphatic hydroxyl groups excluding tert-OH is 1. The monoisotopic (exact) mass is 254 g/mol. The van der Waals surface area contributed by atoms with Gasteiger partial charge in [0.25, 0.3) is 0 Å². The molecule has 2 atom stereocenters. The van der Waals surface area contributed by atoms with E-state index in [4.69, 9.17) is 0 Å². The molecule has 3 nitrogen and oxygen atoms in total. The van der Waals surface area contributed by atoms with Crippen LogP contribution in [-0.2, 0) is 6.54 Å². The van der Waals surface area contributed by atoms with Crippen LogP contribution in [0.5, 0.6) is 0 Å². The van der Waals surface area contributed by atoms with Gasteiger partial charge in [0.05, 0.1) is 16.8 Å². The first-order chi connectivity index (χ1) is 8.16. The van der Waals surface area contributed by atoms with Gasteiger partial charge in [-0.3, -0.25) is 0 Å². The Kier molecular flexibility index (Phi) is 4.54. The van der Waals surface area contributed by atoms with E-state index in [2.05, 4.69) is 17.2 Å². The number of hydrogen-bond donors (Lipinski definition) is 2. The second kappa shape index (κ2) is 5.94. The van der Waals surface area contributed by atoms with E-state index in [1.807, 2.05) is 6.92 Å². The summed E-state index contributed by atoms with van der Waals surface area (Å²) in [6.07, 6.45) is 4.49. The van der Waals surface area contributed by atoms with Gasteiger partial charge in [-0.1, -0.05) is 12.8 Å². The predicted molar refractivity (Wildman–Crippen MR) is 71.3 cm³/mol.